The minimum Gasteiger partial charge on any atom is -0.507 e. The van der Waals surface area contributed by atoms with Crippen LogP contribution in [0.5, 0.6) is 0 Å². The Labute approximate surface area is 200 Å². The lowest BCUT2D eigenvalue weighted by Gasteiger charge is -2.38. The summed E-state index contributed by atoms with van der Waals surface area (Å²) < 4.78 is 5.90. The molecule has 0 bridgehead atoms. The van der Waals surface area contributed by atoms with Crippen molar-refractivity contribution in [1.82, 2.24) is 14.8 Å². The highest BCUT2D eigenvalue weighted by Gasteiger charge is 2.50. The Morgan fingerprint density at radius 2 is 1.85 bits per heavy atom. The van der Waals surface area contributed by atoms with E-state index in [9.17, 15) is 19.5 Å². The van der Waals surface area contributed by atoms with E-state index in [1.54, 1.807) is 60.5 Å². The van der Waals surface area contributed by atoms with E-state index in [1.807, 2.05) is 0 Å². The van der Waals surface area contributed by atoms with Crippen molar-refractivity contribution < 1.29 is 24.2 Å². The molecule has 0 saturated carbocycles. The number of carbonyl (C=O) groups excluding carboxylic acids is 3. The molecule has 2 fully saturated rings. The third kappa shape index (κ3) is 4.50. The third-order valence-electron chi connectivity index (χ3n) is 5.95. The second-order valence-electron chi connectivity index (χ2n) is 7.89. The lowest BCUT2D eigenvalue weighted by Crippen LogP contribution is -2.48. The van der Waals surface area contributed by atoms with Crippen LogP contribution < -0.4 is 0 Å². The highest BCUT2D eigenvalue weighted by atomic mass is 79.9. The number of aliphatic hydroxyl groups is 1. The van der Waals surface area contributed by atoms with Crippen LogP contribution in [0, 0.1) is 0 Å². The number of Topliss-reactive ketones (excluding diaryl/α,β-unsaturated/α-hetero) is 1. The average Bonchev–Trinajstić information content (AvgIpc) is 3.10. The Morgan fingerprint density at radius 3 is 2.45 bits per heavy atom. The molecular formula is C24H24BrN3O5. The van der Waals surface area contributed by atoms with Crippen molar-refractivity contribution in [3.05, 3.63) is 70.0 Å². The monoisotopic (exact) mass is 513 g/mol. The Kier molecular flexibility index (Phi) is 6.78. The number of hydrogen-bond acceptors (Lipinski definition) is 6. The molecule has 0 spiro atoms. The van der Waals surface area contributed by atoms with Crippen molar-refractivity contribution in [2.75, 3.05) is 19.7 Å². The first kappa shape index (κ1) is 23.0. The Bertz CT molecular complexity index is 1080. The van der Waals surface area contributed by atoms with Crippen molar-refractivity contribution in [3.63, 3.8) is 0 Å². The molecule has 33 heavy (non-hydrogen) atoms. The zero-order valence-electron chi connectivity index (χ0n) is 18.1. The molecule has 9 heteroatoms. The molecule has 2 aliphatic heterocycles. The van der Waals surface area contributed by atoms with Gasteiger partial charge < -0.3 is 19.6 Å². The maximum absolute atomic E-state index is 13.2. The normalized spacial score (nSPS) is 20.8. The lowest BCUT2D eigenvalue weighted by atomic mass is 9.96. The van der Waals surface area contributed by atoms with Gasteiger partial charge in [-0.15, -0.1) is 0 Å². The van der Waals surface area contributed by atoms with E-state index in [4.69, 9.17) is 4.74 Å². The van der Waals surface area contributed by atoms with Crippen molar-refractivity contribution in [3.8, 4) is 0 Å². The van der Waals surface area contributed by atoms with Crippen LogP contribution in [0.2, 0.25) is 0 Å². The molecule has 1 N–H and O–H groups in total. The predicted octanol–water partition coefficient (Wildman–Crippen LogP) is 3.89. The summed E-state index contributed by atoms with van der Waals surface area (Å²) in [4.78, 5) is 45.9. The average molecular weight is 514 g/mol. The first-order chi connectivity index (χ1) is 15.9. The number of ketones is 1. The smallest absolute Gasteiger partial charge is 0.409 e. The second-order valence-corrected chi connectivity index (χ2v) is 8.80. The molecule has 0 aliphatic carbocycles. The van der Waals surface area contributed by atoms with Crippen LogP contribution in [-0.4, -0.2) is 63.4 Å². The minimum absolute atomic E-state index is 0.0221. The summed E-state index contributed by atoms with van der Waals surface area (Å²) in [6, 6.07) is 11.1. The van der Waals surface area contributed by atoms with Crippen molar-refractivity contribution >= 4 is 39.5 Å². The first-order valence-corrected chi connectivity index (χ1v) is 11.6. The van der Waals surface area contributed by atoms with E-state index in [0.29, 0.717) is 43.8 Å². The van der Waals surface area contributed by atoms with Crippen LogP contribution in [0.25, 0.3) is 5.76 Å². The van der Waals surface area contributed by atoms with Gasteiger partial charge in [0, 0.05) is 35.4 Å². The Hall–Kier alpha value is -3.20. The second kappa shape index (κ2) is 9.74. The molecule has 3 heterocycles. The van der Waals surface area contributed by atoms with Gasteiger partial charge in [0.1, 0.15) is 11.8 Å². The van der Waals surface area contributed by atoms with E-state index in [1.165, 1.54) is 4.90 Å². The summed E-state index contributed by atoms with van der Waals surface area (Å²) in [6.45, 7) is 2.87. The number of likely N-dealkylation sites (tertiary alicyclic amines) is 2. The Balaban J connectivity index is 1.71. The molecule has 172 valence electrons. The van der Waals surface area contributed by atoms with Crippen LogP contribution in [0.3, 0.4) is 0 Å². The molecular weight excluding hydrogens is 490 g/mol. The molecule has 4 rings (SSSR count). The fraction of sp³-hybridized carbons (Fsp3) is 0.333. The standard InChI is InChI=1S/C24H24BrN3O5/c1-2-33-24(32)27-13-10-17(11-14-27)28-20(18-5-3-4-12-26-18)19(22(30)23(28)31)21(29)15-6-8-16(25)9-7-15/h3-9,12,17,20,29H,2,10-11,13-14H2,1H3/b21-19+. The van der Waals surface area contributed by atoms with Crippen molar-refractivity contribution in [1.29, 1.82) is 0 Å². The molecule has 2 saturated heterocycles. The lowest BCUT2D eigenvalue weighted by molar-refractivity contribution is -0.142. The van der Waals surface area contributed by atoms with Gasteiger partial charge in [-0.3, -0.25) is 14.6 Å². The molecule has 1 aromatic carbocycles. The molecule has 1 unspecified atom stereocenters. The highest BCUT2D eigenvalue weighted by molar-refractivity contribution is 9.10. The number of ether oxygens (including phenoxy) is 1. The maximum Gasteiger partial charge on any atom is 0.409 e. The number of amides is 2. The molecule has 2 amide bonds. The number of rotatable bonds is 4. The fourth-order valence-electron chi connectivity index (χ4n) is 4.36. The topological polar surface area (TPSA) is 100 Å². The molecule has 2 aromatic rings. The molecule has 8 nitrogen and oxygen atoms in total. The van der Waals surface area contributed by atoms with E-state index >= 15 is 0 Å². The predicted molar refractivity (Wildman–Crippen MR) is 124 cm³/mol. The van der Waals surface area contributed by atoms with Gasteiger partial charge in [-0.25, -0.2) is 4.79 Å². The van der Waals surface area contributed by atoms with Gasteiger partial charge >= 0.3 is 6.09 Å². The summed E-state index contributed by atoms with van der Waals surface area (Å²) in [5.41, 5.74) is 0.964. The molecule has 2 aliphatic rings. The van der Waals surface area contributed by atoms with Gasteiger partial charge in [0.15, 0.2) is 0 Å². The van der Waals surface area contributed by atoms with Gasteiger partial charge in [0.2, 0.25) is 0 Å². The quantitative estimate of drug-likeness (QED) is 0.378. The molecule has 0 radical (unpaired) electrons. The largest absolute Gasteiger partial charge is 0.507 e. The van der Waals surface area contributed by atoms with Crippen LogP contribution in [-0.2, 0) is 14.3 Å². The zero-order chi connectivity index (χ0) is 23.5. The van der Waals surface area contributed by atoms with Gasteiger partial charge in [-0.2, -0.15) is 0 Å². The summed E-state index contributed by atoms with van der Waals surface area (Å²) >= 11 is 3.36. The maximum atomic E-state index is 13.2. The number of hydrogen-bond donors (Lipinski definition) is 1. The summed E-state index contributed by atoms with van der Waals surface area (Å²) in [6.07, 6.45) is 2.20. The third-order valence-corrected chi connectivity index (χ3v) is 6.48. The first-order valence-electron chi connectivity index (χ1n) is 10.8. The van der Waals surface area contributed by atoms with Gasteiger partial charge in [0.05, 0.1) is 17.9 Å². The summed E-state index contributed by atoms with van der Waals surface area (Å²) in [5.74, 6) is -1.64. The number of piperidine rings is 1. The number of nitrogens with zero attached hydrogens (tertiary/aromatic N) is 3. The minimum atomic E-state index is -0.811. The van der Waals surface area contributed by atoms with E-state index in [2.05, 4.69) is 20.9 Å². The molecule has 1 aromatic heterocycles. The number of carbonyl (C=O) groups is 3. The zero-order valence-corrected chi connectivity index (χ0v) is 19.7. The van der Waals surface area contributed by atoms with Crippen molar-refractivity contribution in [2.45, 2.75) is 31.8 Å². The van der Waals surface area contributed by atoms with Gasteiger partial charge in [-0.1, -0.05) is 34.1 Å². The number of aliphatic hydroxyl groups excluding tert-OH is 1. The van der Waals surface area contributed by atoms with Crippen LogP contribution >= 0.6 is 15.9 Å². The highest BCUT2D eigenvalue weighted by Crippen LogP contribution is 2.41. The number of halogens is 1. The number of aromatic nitrogens is 1. The van der Waals surface area contributed by atoms with Gasteiger partial charge in [-0.05, 0) is 44.0 Å². The van der Waals surface area contributed by atoms with Crippen molar-refractivity contribution in [2.24, 2.45) is 0 Å². The van der Waals surface area contributed by atoms with E-state index < -0.39 is 17.7 Å². The number of pyridine rings is 1. The fourth-order valence-corrected chi connectivity index (χ4v) is 4.62. The van der Waals surface area contributed by atoms with Crippen LogP contribution in [0.4, 0.5) is 4.79 Å². The summed E-state index contributed by atoms with van der Waals surface area (Å²) in [5, 5.41) is 11.1. The molecule has 1 atom stereocenters. The van der Waals surface area contributed by atoms with Gasteiger partial charge in [0.25, 0.3) is 11.7 Å². The summed E-state index contributed by atoms with van der Waals surface area (Å²) in [7, 11) is 0. The van der Waals surface area contributed by atoms with Crippen LogP contribution in [0.1, 0.15) is 37.1 Å². The van der Waals surface area contributed by atoms with Crippen LogP contribution in [0.15, 0.2) is 58.7 Å². The van der Waals surface area contributed by atoms with E-state index in [-0.39, 0.29) is 23.5 Å². The van der Waals surface area contributed by atoms with E-state index in [0.717, 1.165) is 4.47 Å². The SMILES string of the molecule is CCOC(=O)N1CCC(N2C(=O)C(=O)/C(=C(/O)c3ccc(Br)cc3)C2c2ccccn2)CC1. The number of benzene rings is 1. The Morgan fingerprint density at radius 1 is 1.15 bits per heavy atom.